The van der Waals surface area contributed by atoms with Crippen LogP contribution >= 0.6 is 0 Å². The minimum absolute atomic E-state index is 0.209. The van der Waals surface area contributed by atoms with E-state index in [0.29, 0.717) is 23.5 Å². The van der Waals surface area contributed by atoms with Crippen molar-refractivity contribution in [2.75, 3.05) is 15.4 Å². The zero-order valence-electron chi connectivity index (χ0n) is 18.3. The highest BCUT2D eigenvalue weighted by molar-refractivity contribution is 7.92. The van der Waals surface area contributed by atoms with Crippen molar-refractivity contribution < 1.29 is 17.2 Å². The lowest BCUT2D eigenvalue weighted by molar-refractivity contribution is 0.551. The maximum absolute atomic E-state index is 13.9. The van der Waals surface area contributed by atoms with Gasteiger partial charge < -0.3 is 10.6 Å². The quantitative estimate of drug-likeness (QED) is 0.315. The number of hydrogen-bond donors (Lipinski definition) is 3. The van der Waals surface area contributed by atoms with Gasteiger partial charge in [0.15, 0.2) is 0 Å². The first-order chi connectivity index (χ1) is 16.2. The molecule has 0 atom stereocenters. The van der Waals surface area contributed by atoms with Crippen LogP contribution in [0, 0.1) is 25.5 Å². The number of aromatic nitrogens is 2. The van der Waals surface area contributed by atoms with Crippen molar-refractivity contribution in [1.82, 2.24) is 9.97 Å². The molecule has 0 radical (unpaired) electrons. The molecule has 10 heteroatoms. The van der Waals surface area contributed by atoms with E-state index in [0.717, 1.165) is 29.1 Å². The zero-order chi connectivity index (χ0) is 24.3. The molecule has 0 aliphatic rings. The summed E-state index contributed by atoms with van der Waals surface area (Å²) in [5.41, 5.74) is 3.62. The number of nitrogens with one attached hydrogen (secondary N) is 3. The van der Waals surface area contributed by atoms with Crippen LogP contribution < -0.4 is 15.4 Å². The van der Waals surface area contributed by atoms with Gasteiger partial charge >= 0.3 is 0 Å². The van der Waals surface area contributed by atoms with Gasteiger partial charge in [0.2, 0.25) is 5.95 Å². The van der Waals surface area contributed by atoms with Gasteiger partial charge in [0.05, 0.1) is 0 Å². The highest BCUT2D eigenvalue weighted by atomic mass is 32.2. The third-order valence-corrected chi connectivity index (χ3v) is 6.17. The number of nitrogens with zero attached hydrogens (tertiary/aromatic N) is 2. The number of hydrogen-bond acceptors (Lipinski definition) is 6. The average molecular weight is 482 g/mol. The minimum atomic E-state index is -4.22. The molecular weight excluding hydrogens is 460 g/mol. The number of aryl methyl sites for hydroxylation is 2. The van der Waals surface area contributed by atoms with E-state index >= 15 is 0 Å². The summed E-state index contributed by atoms with van der Waals surface area (Å²) in [7, 11) is -4.22. The summed E-state index contributed by atoms with van der Waals surface area (Å²) in [6, 6.07) is 18.2. The SMILES string of the molecule is Cc1ccc(Nc2cc(C)nc(Nc3ccc(NS(=O)(=O)c4ccc(F)cc4F)cc3)n2)cc1. The van der Waals surface area contributed by atoms with E-state index < -0.39 is 26.6 Å². The van der Waals surface area contributed by atoms with Gasteiger partial charge in [0, 0.05) is 34.9 Å². The first kappa shape index (κ1) is 23.1. The van der Waals surface area contributed by atoms with Crippen LogP contribution in [0.25, 0.3) is 0 Å². The Hall–Kier alpha value is -4.05. The van der Waals surface area contributed by atoms with Crippen molar-refractivity contribution in [3.05, 3.63) is 95.7 Å². The van der Waals surface area contributed by atoms with E-state index in [2.05, 4.69) is 25.3 Å². The van der Waals surface area contributed by atoms with Gasteiger partial charge in [-0.15, -0.1) is 0 Å². The molecule has 0 saturated carbocycles. The summed E-state index contributed by atoms with van der Waals surface area (Å²) in [6.45, 7) is 3.86. The first-order valence-electron chi connectivity index (χ1n) is 10.2. The Balaban J connectivity index is 1.47. The summed E-state index contributed by atoms with van der Waals surface area (Å²) in [5, 5.41) is 6.31. The fourth-order valence-corrected chi connectivity index (χ4v) is 4.25. The van der Waals surface area contributed by atoms with Crippen LogP contribution in [-0.2, 0) is 10.0 Å². The van der Waals surface area contributed by atoms with E-state index in [-0.39, 0.29) is 5.69 Å². The molecule has 7 nitrogen and oxygen atoms in total. The second-order valence-electron chi connectivity index (χ2n) is 7.59. The average Bonchev–Trinajstić information content (AvgIpc) is 2.76. The number of benzene rings is 3. The largest absolute Gasteiger partial charge is 0.340 e. The summed E-state index contributed by atoms with van der Waals surface area (Å²) in [6.07, 6.45) is 0. The molecule has 0 saturated heterocycles. The van der Waals surface area contributed by atoms with Gasteiger partial charge in [-0.25, -0.2) is 22.2 Å². The molecule has 0 bridgehead atoms. The molecule has 0 amide bonds. The fourth-order valence-electron chi connectivity index (χ4n) is 3.13. The molecule has 3 aromatic carbocycles. The van der Waals surface area contributed by atoms with Gasteiger partial charge in [-0.2, -0.15) is 4.98 Å². The van der Waals surface area contributed by atoms with Gasteiger partial charge in [0.1, 0.15) is 22.3 Å². The number of rotatable bonds is 7. The van der Waals surface area contributed by atoms with Gasteiger partial charge in [-0.3, -0.25) is 4.72 Å². The van der Waals surface area contributed by atoms with Crippen LogP contribution in [0.3, 0.4) is 0 Å². The minimum Gasteiger partial charge on any atom is -0.340 e. The summed E-state index contributed by atoms with van der Waals surface area (Å²) in [4.78, 5) is 8.20. The van der Waals surface area contributed by atoms with E-state index in [9.17, 15) is 17.2 Å². The third kappa shape index (κ3) is 5.65. The second-order valence-corrected chi connectivity index (χ2v) is 9.24. The highest BCUT2D eigenvalue weighted by Crippen LogP contribution is 2.23. The Bertz CT molecular complexity index is 1430. The Morgan fingerprint density at radius 1 is 0.735 bits per heavy atom. The molecule has 3 N–H and O–H groups in total. The maximum atomic E-state index is 13.9. The molecule has 1 aromatic heterocycles. The summed E-state index contributed by atoms with van der Waals surface area (Å²) in [5.74, 6) is -1.05. The molecule has 174 valence electrons. The molecule has 4 aromatic rings. The fraction of sp³-hybridized carbons (Fsp3) is 0.0833. The molecule has 0 aliphatic carbocycles. The molecule has 0 unspecified atom stereocenters. The van der Waals surface area contributed by atoms with E-state index in [1.54, 1.807) is 12.1 Å². The first-order valence-corrected chi connectivity index (χ1v) is 11.7. The van der Waals surface area contributed by atoms with Crippen molar-refractivity contribution in [2.24, 2.45) is 0 Å². The molecule has 0 aliphatic heterocycles. The Morgan fingerprint density at radius 3 is 2.03 bits per heavy atom. The molecule has 1 heterocycles. The van der Waals surface area contributed by atoms with Crippen LogP contribution in [-0.4, -0.2) is 18.4 Å². The summed E-state index contributed by atoms with van der Waals surface area (Å²) >= 11 is 0. The number of sulfonamides is 1. The van der Waals surface area contributed by atoms with E-state index in [1.807, 2.05) is 44.2 Å². The standard InChI is InChI=1S/C24H21F2N5O2S/c1-15-3-6-18(7-4-15)28-23-13-16(2)27-24(30-23)29-19-8-10-20(11-9-19)31-34(32,33)22-12-5-17(25)14-21(22)26/h3-14,31H,1-2H3,(H2,27,28,29,30). The maximum Gasteiger partial charge on any atom is 0.264 e. The van der Waals surface area contributed by atoms with Crippen molar-refractivity contribution in [1.29, 1.82) is 0 Å². The van der Waals surface area contributed by atoms with Crippen molar-refractivity contribution in [3.63, 3.8) is 0 Å². The monoisotopic (exact) mass is 481 g/mol. The van der Waals surface area contributed by atoms with Gasteiger partial charge in [0.25, 0.3) is 10.0 Å². The molecule has 0 fully saturated rings. The lowest BCUT2D eigenvalue weighted by atomic mass is 10.2. The predicted octanol–water partition coefficient (Wildman–Crippen LogP) is 5.66. The second kappa shape index (κ2) is 9.44. The van der Waals surface area contributed by atoms with Crippen LogP contribution in [0.15, 0.2) is 77.7 Å². The Labute approximate surface area is 196 Å². The highest BCUT2D eigenvalue weighted by Gasteiger charge is 2.19. The Morgan fingerprint density at radius 2 is 1.35 bits per heavy atom. The third-order valence-electron chi connectivity index (χ3n) is 4.75. The molecule has 34 heavy (non-hydrogen) atoms. The van der Waals surface area contributed by atoms with E-state index in [4.69, 9.17) is 0 Å². The lowest BCUT2D eigenvalue weighted by Crippen LogP contribution is -2.14. The normalized spacial score (nSPS) is 11.2. The number of anilines is 5. The van der Waals surface area contributed by atoms with Crippen molar-refractivity contribution in [3.8, 4) is 0 Å². The Kier molecular flexibility index (Phi) is 6.42. The van der Waals surface area contributed by atoms with Crippen LogP contribution in [0.1, 0.15) is 11.3 Å². The van der Waals surface area contributed by atoms with Gasteiger partial charge in [-0.05, 0) is 62.4 Å². The predicted molar refractivity (Wildman–Crippen MR) is 128 cm³/mol. The van der Waals surface area contributed by atoms with Crippen molar-refractivity contribution >= 4 is 38.9 Å². The zero-order valence-corrected chi connectivity index (χ0v) is 19.1. The lowest BCUT2D eigenvalue weighted by Gasteiger charge is -2.12. The molecule has 0 spiro atoms. The van der Waals surface area contributed by atoms with Crippen molar-refractivity contribution in [2.45, 2.75) is 18.7 Å². The van der Waals surface area contributed by atoms with Crippen LogP contribution in [0.2, 0.25) is 0 Å². The van der Waals surface area contributed by atoms with E-state index in [1.165, 1.54) is 12.1 Å². The van der Waals surface area contributed by atoms with Crippen LogP contribution in [0.4, 0.5) is 37.6 Å². The topological polar surface area (TPSA) is 96.0 Å². The molecule has 4 rings (SSSR count). The smallest absolute Gasteiger partial charge is 0.264 e. The van der Waals surface area contributed by atoms with Gasteiger partial charge in [-0.1, -0.05) is 17.7 Å². The summed E-state index contributed by atoms with van der Waals surface area (Å²) < 4.78 is 54.1. The number of halogens is 2. The van der Waals surface area contributed by atoms with Crippen LogP contribution in [0.5, 0.6) is 0 Å². The molecular formula is C24H21F2N5O2S.